The predicted molar refractivity (Wildman–Crippen MR) is 105 cm³/mol. The van der Waals surface area contributed by atoms with Crippen LogP contribution >= 0.6 is 0 Å². The van der Waals surface area contributed by atoms with Gasteiger partial charge in [0, 0.05) is 18.0 Å². The van der Waals surface area contributed by atoms with Crippen LogP contribution in [-0.4, -0.2) is 18.3 Å². The van der Waals surface area contributed by atoms with Gasteiger partial charge in [0.2, 0.25) is 5.89 Å². The van der Waals surface area contributed by atoms with Crippen molar-refractivity contribution in [3.05, 3.63) is 72.0 Å². The molecule has 1 aromatic heterocycles. The maximum atomic E-state index is 5.86. The van der Waals surface area contributed by atoms with Crippen LogP contribution in [0.4, 0.5) is 0 Å². The number of para-hydroxylation sites is 2. The van der Waals surface area contributed by atoms with E-state index in [1.54, 1.807) is 7.11 Å². The number of hydrogen-bond donors (Lipinski definition) is 0. The molecule has 0 N–H and O–H groups in total. The molecule has 0 bridgehead atoms. The smallest absolute Gasteiger partial charge is 0.227 e. The second-order valence-electron chi connectivity index (χ2n) is 6.23. The molecule has 0 atom stereocenters. The van der Waals surface area contributed by atoms with Gasteiger partial charge in [-0.3, -0.25) is 4.99 Å². The zero-order valence-electron chi connectivity index (χ0n) is 14.7. The van der Waals surface area contributed by atoms with Crippen LogP contribution in [0.3, 0.4) is 0 Å². The summed E-state index contributed by atoms with van der Waals surface area (Å²) in [6.45, 7) is 0. The van der Waals surface area contributed by atoms with Gasteiger partial charge in [-0.2, -0.15) is 0 Å². The van der Waals surface area contributed by atoms with Crippen molar-refractivity contribution >= 4 is 17.3 Å². The number of aryl methyl sites for hydroxylation is 1. The third-order valence-corrected chi connectivity index (χ3v) is 4.51. The van der Waals surface area contributed by atoms with E-state index in [1.165, 1.54) is 11.1 Å². The standard InChI is InChI=1S/C22H20N2O2/c1-25-21-15-18(22-24-19-6-2-3-7-20(19)26-22)11-10-17(21)9-8-16-5-4-13-23-14-12-16/h2-4,6-7,10-15H,5,8-9H2,1H3. The zero-order chi connectivity index (χ0) is 17.8. The summed E-state index contributed by atoms with van der Waals surface area (Å²) in [5.74, 6) is 1.48. The van der Waals surface area contributed by atoms with Crippen LogP contribution in [0.25, 0.3) is 22.6 Å². The van der Waals surface area contributed by atoms with E-state index in [9.17, 15) is 0 Å². The van der Waals surface area contributed by atoms with E-state index in [2.05, 4.69) is 28.2 Å². The van der Waals surface area contributed by atoms with Gasteiger partial charge in [0.1, 0.15) is 11.3 Å². The fourth-order valence-corrected chi connectivity index (χ4v) is 3.09. The normalized spacial score (nSPS) is 13.7. The molecule has 4 heteroatoms. The fraction of sp³-hybridized carbons (Fsp3) is 0.182. The maximum Gasteiger partial charge on any atom is 0.227 e. The van der Waals surface area contributed by atoms with Gasteiger partial charge >= 0.3 is 0 Å². The average molecular weight is 344 g/mol. The molecule has 4 rings (SSSR count). The monoisotopic (exact) mass is 344 g/mol. The number of fused-ring (bicyclic) bond motifs is 1. The van der Waals surface area contributed by atoms with Gasteiger partial charge < -0.3 is 9.15 Å². The van der Waals surface area contributed by atoms with Gasteiger partial charge in [0.05, 0.1) is 7.11 Å². The number of aliphatic imine (C=N–C) groups is 1. The largest absolute Gasteiger partial charge is 0.496 e. The first-order valence-electron chi connectivity index (χ1n) is 8.72. The zero-order valence-corrected chi connectivity index (χ0v) is 14.7. The Bertz CT molecular complexity index is 979. The number of benzene rings is 2. The second kappa shape index (κ2) is 7.40. The first kappa shape index (κ1) is 16.3. The van der Waals surface area contributed by atoms with Gasteiger partial charge in [0.15, 0.2) is 5.58 Å². The van der Waals surface area contributed by atoms with Gasteiger partial charge in [-0.05, 0) is 55.2 Å². The molecule has 0 amide bonds. The fourth-order valence-electron chi connectivity index (χ4n) is 3.09. The van der Waals surface area contributed by atoms with Gasteiger partial charge in [-0.15, -0.1) is 0 Å². The van der Waals surface area contributed by atoms with Crippen molar-refractivity contribution in [2.45, 2.75) is 19.3 Å². The molecule has 0 radical (unpaired) electrons. The maximum absolute atomic E-state index is 5.86. The topological polar surface area (TPSA) is 47.6 Å². The molecule has 0 saturated carbocycles. The van der Waals surface area contributed by atoms with Crippen molar-refractivity contribution in [2.75, 3.05) is 7.11 Å². The third kappa shape index (κ3) is 3.45. The molecule has 2 heterocycles. The van der Waals surface area contributed by atoms with E-state index >= 15 is 0 Å². The summed E-state index contributed by atoms with van der Waals surface area (Å²) in [6, 6.07) is 13.9. The Kier molecular flexibility index (Phi) is 4.65. The predicted octanol–water partition coefficient (Wildman–Crippen LogP) is 5.35. The molecule has 0 unspecified atom stereocenters. The number of nitrogens with zero attached hydrogens (tertiary/aromatic N) is 2. The summed E-state index contributed by atoms with van der Waals surface area (Å²) < 4.78 is 11.5. The summed E-state index contributed by atoms with van der Waals surface area (Å²) in [6.07, 6.45) is 10.7. The van der Waals surface area contributed by atoms with E-state index < -0.39 is 0 Å². The lowest BCUT2D eigenvalue weighted by molar-refractivity contribution is 0.409. The van der Waals surface area contributed by atoms with Crippen molar-refractivity contribution in [2.24, 2.45) is 4.99 Å². The molecule has 4 nitrogen and oxygen atoms in total. The highest BCUT2D eigenvalue weighted by atomic mass is 16.5. The molecule has 0 spiro atoms. The van der Waals surface area contributed by atoms with Crippen LogP contribution in [0.1, 0.15) is 18.4 Å². The number of methoxy groups -OCH3 is 1. The number of hydrogen-bond acceptors (Lipinski definition) is 4. The molecule has 26 heavy (non-hydrogen) atoms. The van der Waals surface area contributed by atoms with Crippen molar-refractivity contribution in [1.29, 1.82) is 0 Å². The summed E-state index contributed by atoms with van der Waals surface area (Å²) in [4.78, 5) is 8.71. The molecule has 0 saturated heterocycles. The minimum Gasteiger partial charge on any atom is -0.496 e. The SMILES string of the molecule is COc1cc(-c2nc3ccccc3o2)ccc1CCC1=CC=NC=CC1. The third-order valence-electron chi connectivity index (χ3n) is 4.51. The number of allylic oxidation sites excluding steroid dienone is 3. The molecule has 3 aromatic rings. The van der Waals surface area contributed by atoms with Crippen LogP contribution < -0.4 is 4.74 Å². The first-order valence-corrected chi connectivity index (χ1v) is 8.72. The van der Waals surface area contributed by atoms with E-state index in [0.29, 0.717) is 5.89 Å². The molecule has 0 fully saturated rings. The molecule has 130 valence electrons. The lowest BCUT2D eigenvalue weighted by Crippen LogP contribution is -1.95. The summed E-state index contributed by atoms with van der Waals surface area (Å²) in [5.41, 5.74) is 5.12. The summed E-state index contributed by atoms with van der Waals surface area (Å²) in [5, 5.41) is 0. The van der Waals surface area contributed by atoms with Crippen LogP contribution in [0.5, 0.6) is 5.75 Å². The first-order chi connectivity index (χ1) is 12.8. The highest BCUT2D eigenvalue weighted by Crippen LogP contribution is 2.30. The number of aromatic nitrogens is 1. The van der Waals surface area contributed by atoms with Crippen molar-refractivity contribution in [3.63, 3.8) is 0 Å². The second-order valence-corrected chi connectivity index (χ2v) is 6.23. The van der Waals surface area contributed by atoms with Gasteiger partial charge in [0.25, 0.3) is 0 Å². The Balaban J connectivity index is 1.57. The van der Waals surface area contributed by atoms with Gasteiger partial charge in [-0.1, -0.05) is 29.8 Å². The quantitative estimate of drug-likeness (QED) is 0.627. The molecule has 1 aliphatic heterocycles. The van der Waals surface area contributed by atoms with E-state index in [1.807, 2.05) is 48.8 Å². The lowest BCUT2D eigenvalue weighted by Gasteiger charge is -2.10. The average Bonchev–Trinajstić information content (AvgIpc) is 2.95. The number of rotatable bonds is 5. The number of oxazole rings is 1. The minimum atomic E-state index is 0.615. The Morgan fingerprint density at radius 2 is 2.04 bits per heavy atom. The van der Waals surface area contributed by atoms with Crippen LogP contribution in [0.2, 0.25) is 0 Å². The Morgan fingerprint density at radius 3 is 2.92 bits per heavy atom. The van der Waals surface area contributed by atoms with E-state index in [-0.39, 0.29) is 0 Å². The van der Waals surface area contributed by atoms with Crippen LogP contribution in [0, 0.1) is 0 Å². The Labute approximate surface area is 152 Å². The molecule has 1 aliphatic rings. The molecular weight excluding hydrogens is 324 g/mol. The highest BCUT2D eigenvalue weighted by molar-refractivity contribution is 5.76. The van der Waals surface area contributed by atoms with Crippen molar-refractivity contribution in [3.8, 4) is 17.2 Å². The lowest BCUT2D eigenvalue weighted by atomic mass is 10.00. The Morgan fingerprint density at radius 1 is 1.12 bits per heavy atom. The summed E-state index contributed by atoms with van der Waals surface area (Å²) in [7, 11) is 1.70. The van der Waals surface area contributed by atoms with Crippen LogP contribution in [0.15, 0.2) is 75.8 Å². The van der Waals surface area contributed by atoms with Crippen molar-refractivity contribution < 1.29 is 9.15 Å². The van der Waals surface area contributed by atoms with Gasteiger partial charge in [-0.25, -0.2) is 4.98 Å². The van der Waals surface area contributed by atoms with E-state index in [4.69, 9.17) is 9.15 Å². The molecular formula is C22H20N2O2. The minimum absolute atomic E-state index is 0.615. The Hall–Kier alpha value is -3.14. The molecule has 0 aliphatic carbocycles. The molecule has 2 aromatic carbocycles. The summed E-state index contributed by atoms with van der Waals surface area (Å²) >= 11 is 0. The highest BCUT2D eigenvalue weighted by Gasteiger charge is 2.12. The van der Waals surface area contributed by atoms with E-state index in [0.717, 1.165) is 41.7 Å². The van der Waals surface area contributed by atoms with Crippen LogP contribution in [-0.2, 0) is 6.42 Å². The number of ether oxygens (including phenoxy) is 1. The van der Waals surface area contributed by atoms with Crippen molar-refractivity contribution in [1.82, 2.24) is 4.98 Å².